The van der Waals surface area contributed by atoms with Gasteiger partial charge in [0, 0.05) is 25.5 Å². The number of ether oxygens (including phenoxy) is 1. The molecule has 0 radical (unpaired) electrons. The van der Waals surface area contributed by atoms with Crippen LogP contribution in [0, 0.1) is 20.8 Å². The Hall–Kier alpha value is -2.82. The second-order valence-corrected chi connectivity index (χ2v) is 10.3. The van der Waals surface area contributed by atoms with E-state index in [1.165, 1.54) is 6.92 Å². The molecule has 0 spiro atoms. The van der Waals surface area contributed by atoms with Crippen molar-refractivity contribution in [3.05, 3.63) is 22.3 Å². The molecule has 178 valence electrons. The topological polar surface area (TPSA) is 160 Å². The van der Waals surface area contributed by atoms with Crippen molar-refractivity contribution >= 4 is 27.9 Å². The molecule has 0 aromatic heterocycles. The Morgan fingerprint density at radius 1 is 1.22 bits per heavy atom. The second kappa shape index (κ2) is 9.35. The summed E-state index contributed by atoms with van der Waals surface area (Å²) in [6.45, 7) is 10.6. The van der Waals surface area contributed by atoms with Crippen LogP contribution < -0.4 is 20.5 Å². The number of amides is 1. The van der Waals surface area contributed by atoms with E-state index in [1.807, 2.05) is 20.8 Å². The fraction of sp³-hybridized carbons (Fsp3) is 0.571. The van der Waals surface area contributed by atoms with E-state index in [2.05, 4.69) is 15.0 Å². The molecule has 0 saturated heterocycles. The summed E-state index contributed by atoms with van der Waals surface area (Å²) in [5.41, 5.74) is 8.22. The molecule has 5 N–H and O–H groups in total. The first kappa shape index (κ1) is 25.4. The average molecular weight is 469 g/mol. The SMILES string of the molecule is CC(=O)N[C@@H](CCCN=C(N)NS(=O)(=O)c1c(C)c(C)c2c(c1C)CC(C)(C)O2)C(=O)O. The molecule has 2 rings (SSSR count). The van der Waals surface area contributed by atoms with Crippen molar-refractivity contribution < 1.29 is 27.9 Å². The van der Waals surface area contributed by atoms with Gasteiger partial charge in [0.25, 0.3) is 10.0 Å². The van der Waals surface area contributed by atoms with Crippen LogP contribution in [0.15, 0.2) is 9.89 Å². The summed E-state index contributed by atoms with van der Waals surface area (Å²) in [5, 5.41) is 11.4. The molecule has 1 aliphatic rings. The highest BCUT2D eigenvalue weighted by atomic mass is 32.2. The van der Waals surface area contributed by atoms with Crippen molar-refractivity contribution in [2.24, 2.45) is 10.7 Å². The lowest BCUT2D eigenvalue weighted by molar-refractivity contribution is -0.141. The van der Waals surface area contributed by atoms with E-state index in [0.717, 1.165) is 16.9 Å². The lowest BCUT2D eigenvalue weighted by Gasteiger charge is -2.19. The number of hydrogen-bond acceptors (Lipinski definition) is 6. The Labute approximate surface area is 188 Å². The summed E-state index contributed by atoms with van der Waals surface area (Å²) in [5.74, 6) is -1.15. The number of benzene rings is 1. The number of nitrogens with zero attached hydrogens (tertiary/aromatic N) is 1. The quantitative estimate of drug-likeness (QED) is 0.254. The molecule has 1 amide bonds. The predicted octanol–water partition coefficient (Wildman–Crippen LogP) is 1.29. The molecule has 1 aromatic rings. The largest absolute Gasteiger partial charge is 0.487 e. The number of nitrogens with one attached hydrogen (secondary N) is 2. The van der Waals surface area contributed by atoms with Crippen molar-refractivity contribution in [3.8, 4) is 5.75 Å². The number of rotatable bonds is 8. The lowest BCUT2D eigenvalue weighted by Crippen LogP contribution is -2.40. The highest BCUT2D eigenvalue weighted by Crippen LogP contribution is 2.43. The zero-order chi connectivity index (χ0) is 24.4. The summed E-state index contributed by atoms with van der Waals surface area (Å²) in [6, 6.07) is -1.04. The van der Waals surface area contributed by atoms with Crippen LogP contribution in [0.5, 0.6) is 5.75 Å². The maximum atomic E-state index is 13.1. The summed E-state index contributed by atoms with van der Waals surface area (Å²) in [6.07, 6.45) is 1.03. The maximum Gasteiger partial charge on any atom is 0.326 e. The zero-order valence-corrected chi connectivity index (χ0v) is 20.1. The third kappa shape index (κ3) is 5.70. The van der Waals surface area contributed by atoms with Gasteiger partial charge in [-0.25, -0.2) is 17.9 Å². The molecule has 1 aliphatic heterocycles. The van der Waals surface area contributed by atoms with Crippen LogP contribution in [-0.2, 0) is 26.0 Å². The molecule has 0 unspecified atom stereocenters. The molecular formula is C21H32N4O6S. The first-order chi connectivity index (χ1) is 14.7. The second-order valence-electron chi connectivity index (χ2n) is 8.66. The van der Waals surface area contributed by atoms with Crippen LogP contribution in [0.3, 0.4) is 0 Å². The van der Waals surface area contributed by atoms with Gasteiger partial charge >= 0.3 is 5.97 Å². The molecule has 0 fully saturated rings. The van der Waals surface area contributed by atoms with Crippen molar-refractivity contribution in [1.82, 2.24) is 10.0 Å². The monoisotopic (exact) mass is 468 g/mol. The van der Waals surface area contributed by atoms with E-state index in [0.29, 0.717) is 24.0 Å². The van der Waals surface area contributed by atoms with Gasteiger partial charge in [-0.2, -0.15) is 0 Å². The molecular weight excluding hydrogens is 436 g/mol. The van der Waals surface area contributed by atoms with Crippen molar-refractivity contribution in [1.29, 1.82) is 0 Å². The number of aliphatic imine (C=N–C) groups is 1. The van der Waals surface area contributed by atoms with Gasteiger partial charge in [-0.1, -0.05) is 0 Å². The number of hydrogen-bond donors (Lipinski definition) is 4. The Morgan fingerprint density at radius 2 is 1.84 bits per heavy atom. The summed E-state index contributed by atoms with van der Waals surface area (Å²) in [4.78, 5) is 26.4. The van der Waals surface area contributed by atoms with Crippen LogP contribution in [0.25, 0.3) is 0 Å². The minimum Gasteiger partial charge on any atom is -0.487 e. The summed E-state index contributed by atoms with van der Waals surface area (Å²) in [7, 11) is -4.00. The third-order valence-electron chi connectivity index (χ3n) is 5.41. The van der Waals surface area contributed by atoms with Crippen molar-refractivity contribution in [3.63, 3.8) is 0 Å². The van der Waals surface area contributed by atoms with Crippen LogP contribution in [-0.4, -0.2) is 49.5 Å². The van der Waals surface area contributed by atoms with E-state index >= 15 is 0 Å². The molecule has 1 atom stereocenters. The third-order valence-corrected chi connectivity index (χ3v) is 7.04. The number of guanidine groups is 1. The highest BCUT2D eigenvalue weighted by molar-refractivity contribution is 7.90. The standard InChI is InChI=1S/C21H32N4O6S/c1-11-12(2)18(13(3)15-10-21(5,6)31-17(11)15)32(29,30)25-20(22)23-9-7-8-16(19(27)28)24-14(4)26/h16H,7-10H2,1-6H3,(H,24,26)(H,27,28)(H3,22,23,25)/t16-/m0/s1. The van der Waals surface area contributed by atoms with E-state index in [9.17, 15) is 18.0 Å². The van der Waals surface area contributed by atoms with Gasteiger partial charge in [0.2, 0.25) is 11.9 Å². The van der Waals surface area contributed by atoms with E-state index in [1.54, 1.807) is 13.8 Å². The molecule has 0 bridgehead atoms. The van der Waals surface area contributed by atoms with Crippen LogP contribution in [0.4, 0.5) is 0 Å². The van der Waals surface area contributed by atoms with Crippen molar-refractivity contribution in [2.45, 2.75) is 77.3 Å². The molecule has 1 aromatic carbocycles. The van der Waals surface area contributed by atoms with Gasteiger partial charge < -0.3 is 20.9 Å². The number of nitrogens with two attached hydrogens (primary N) is 1. The normalized spacial score (nSPS) is 16.1. The van der Waals surface area contributed by atoms with Crippen LogP contribution in [0.1, 0.15) is 55.9 Å². The number of fused-ring (bicyclic) bond motifs is 1. The smallest absolute Gasteiger partial charge is 0.326 e. The molecule has 0 aliphatic carbocycles. The molecule has 11 heteroatoms. The minimum atomic E-state index is -4.00. The van der Waals surface area contributed by atoms with Gasteiger partial charge in [0.15, 0.2) is 0 Å². The van der Waals surface area contributed by atoms with Crippen molar-refractivity contribution in [2.75, 3.05) is 6.54 Å². The number of carboxylic acid groups (broad SMARTS) is 1. The summed E-state index contributed by atoms with van der Waals surface area (Å²) >= 11 is 0. The lowest BCUT2D eigenvalue weighted by atomic mass is 9.94. The van der Waals surface area contributed by atoms with Gasteiger partial charge in [-0.05, 0) is 64.2 Å². The Morgan fingerprint density at radius 3 is 2.41 bits per heavy atom. The first-order valence-corrected chi connectivity index (χ1v) is 11.8. The van der Waals surface area contributed by atoms with Gasteiger partial charge in [-0.3, -0.25) is 9.79 Å². The van der Waals surface area contributed by atoms with E-state index in [-0.39, 0.29) is 23.8 Å². The molecule has 10 nitrogen and oxygen atoms in total. The number of sulfonamides is 1. The first-order valence-electron chi connectivity index (χ1n) is 10.3. The van der Waals surface area contributed by atoms with Crippen LogP contribution >= 0.6 is 0 Å². The van der Waals surface area contributed by atoms with Gasteiger partial charge in [0.05, 0.1) is 4.90 Å². The Balaban J connectivity index is 2.16. The van der Waals surface area contributed by atoms with E-state index < -0.39 is 33.5 Å². The fourth-order valence-electron chi connectivity index (χ4n) is 3.87. The number of aliphatic carboxylic acids is 1. The Kier molecular flexibility index (Phi) is 7.44. The average Bonchev–Trinajstić information content (AvgIpc) is 2.97. The fourth-order valence-corrected chi connectivity index (χ4v) is 5.39. The molecule has 1 heterocycles. The van der Waals surface area contributed by atoms with Crippen LogP contribution in [0.2, 0.25) is 0 Å². The van der Waals surface area contributed by atoms with Gasteiger partial charge in [0.1, 0.15) is 17.4 Å². The number of carbonyl (C=O) groups is 2. The van der Waals surface area contributed by atoms with E-state index in [4.69, 9.17) is 15.6 Å². The summed E-state index contributed by atoms with van der Waals surface area (Å²) < 4.78 is 34.6. The highest BCUT2D eigenvalue weighted by Gasteiger charge is 2.36. The number of carbonyl (C=O) groups excluding carboxylic acids is 1. The van der Waals surface area contributed by atoms with Gasteiger partial charge in [-0.15, -0.1) is 0 Å². The maximum absolute atomic E-state index is 13.1. The Bertz CT molecular complexity index is 1060. The number of carboxylic acids is 1. The molecule has 0 saturated carbocycles. The zero-order valence-electron chi connectivity index (χ0n) is 19.3. The molecule has 32 heavy (non-hydrogen) atoms. The predicted molar refractivity (Wildman–Crippen MR) is 120 cm³/mol. The minimum absolute atomic E-state index is 0.0981.